The molecule has 1 aliphatic heterocycles. The Labute approximate surface area is 138 Å². The minimum atomic E-state index is -0.0985. The first-order valence-electron chi connectivity index (χ1n) is 8.55. The number of hydrogen-bond acceptors (Lipinski definition) is 4. The fraction of sp³-hybridized carbons (Fsp3) is 0.611. The maximum absolute atomic E-state index is 12.4. The second-order valence-corrected chi connectivity index (χ2v) is 6.02. The third-order valence-corrected chi connectivity index (χ3v) is 4.34. The molecule has 1 atom stereocenters. The molecule has 0 saturated carbocycles. The molecule has 0 radical (unpaired) electrons. The van der Waals surface area contributed by atoms with Crippen molar-refractivity contribution < 1.29 is 14.6 Å². The summed E-state index contributed by atoms with van der Waals surface area (Å²) in [5.74, 6) is 0.771. The van der Waals surface area contributed by atoms with Crippen LogP contribution in [0.3, 0.4) is 0 Å². The zero-order valence-electron chi connectivity index (χ0n) is 14.0. The number of nitrogens with one attached hydrogen (secondary N) is 1. The molecule has 5 heteroatoms. The van der Waals surface area contributed by atoms with Crippen LogP contribution in [0.4, 0.5) is 0 Å². The summed E-state index contributed by atoms with van der Waals surface area (Å²) in [6, 6.07) is 7.50. The molecule has 1 unspecified atom stereocenters. The number of amides is 1. The van der Waals surface area contributed by atoms with Gasteiger partial charge in [0.1, 0.15) is 12.4 Å². The summed E-state index contributed by atoms with van der Waals surface area (Å²) in [5, 5.41) is 11.9. The lowest BCUT2D eigenvalue weighted by Crippen LogP contribution is -2.45. The molecule has 1 aliphatic rings. The molecule has 0 aliphatic carbocycles. The van der Waals surface area contributed by atoms with Gasteiger partial charge in [-0.2, -0.15) is 0 Å². The summed E-state index contributed by atoms with van der Waals surface area (Å²) in [5.41, 5.74) is 0.928. The fourth-order valence-corrected chi connectivity index (χ4v) is 2.92. The van der Waals surface area contributed by atoms with E-state index in [1.807, 2.05) is 31.2 Å². The smallest absolute Gasteiger partial charge is 0.237 e. The molecule has 2 N–H and O–H groups in total. The molecular formula is C18H28N2O3. The predicted octanol–water partition coefficient (Wildman–Crippen LogP) is 1.94. The number of benzene rings is 1. The second kappa shape index (κ2) is 9.53. The van der Waals surface area contributed by atoms with Crippen LogP contribution in [0.2, 0.25) is 0 Å². The highest BCUT2D eigenvalue weighted by atomic mass is 16.5. The van der Waals surface area contributed by atoms with E-state index in [-0.39, 0.29) is 25.2 Å². The van der Waals surface area contributed by atoms with Crippen molar-refractivity contribution >= 4 is 5.91 Å². The Morgan fingerprint density at radius 1 is 1.26 bits per heavy atom. The van der Waals surface area contributed by atoms with E-state index in [1.54, 1.807) is 0 Å². The lowest BCUT2D eigenvalue weighted by atomic mass is 10.2. The van der Waals surface area contributed by atoms with Gasteiger partial charge in [0.2, 0.25) is 5.91 Å². The zero-order chi connectivity index (χ0) is 16.5. The normalized spacial score (nSPS) is 17.3. The van der Waals surface area contributed by atoms with Crippen molar-refractivity contribution in [2.75, 3.05) is 26.3 Å². The SMILES string of the molecule is CC(C(=O)NCc1ccccc1OCCO)N1CCCCCC1. The fourth-order valence-electron chi connectivity index (χ4n) is 2.92. The van der Waals surface area contributed by atoms with Crippen LogP contribution >= 0.6 is 0 Å². The molecule has 1 heterocycles. The quantitative estimate of drug-likeness (QED) is 0.806. The average Bonchev–Trinajstić information content (AvgIpc) is 2.87. The van der Waals surface area contributed by atoms with E-state index >= 15 is 0 Å². The van der Waals surface area contributed by atoms with Gasteiger partial charge in [0.15, 0.2) is 0 Å². The molecule has 1 amide bonds. The highest BCUT2D eigenvalue weighted by Crippen LogP contribution is 2.18. The highest BCUT2D eigenvalue weighted by Gasteiger charge is 2.21. The standard InChI is InChI=1S/C18H28N2O3/c1-15(20-10-6-2-3-7-11-20)18(22)19-14-16-8-4-5-9-17(16)23-13-12-21/h4-5,8-9,15,21H,2-3,6-7,10-14H2,1H3,(H,19,22). The van der Waals surface area contributed by atoms with E-state index in [4.69, 9.17) is 9.84 Å². The van der Waals surface area contributed by atoms with Gasteiger partial charge >= 0.3 is 0 Å². The van der Waals surface area contributed by atoms with Crippen LogP contribution in [0.1, 0.15) is 38.2 Å². The molecule has 23 heavy (non-hydrogen) atoms. The van der Waals surface area contributed by atoms with Gasteiger partial charge in [-0.15, -0.1) is 0 Å². The molecule has 1 saturated heterocycles. The minimum absolute atomic E-state index is 0.0211. The topological polar surface area (TPSA) is 61.8 Å². The third-order valence-electron chi connectivity index (χ3n) is 4.34. The third kappa shape index (κ3) is 5.52. The van der Waals surface area contributed by atoms with Gasteiger partial charge in [0.05, 0.1) is 12.6 Å². The van der Waals surface area contributed by atoms with Gasteiger partial charge in [0.25, 0.3) is 0 Å². The van der Waals surface area contributed by atoms with Crippen LogP contribution in [0.25, 0.3) is 0 Å². The lowest BCUT2D eigenvalue weighted by molar-refractivity contribution is -0.126. The number of ether oxygens (including phenoxy) is 1. The number of likely N-dealkylation sites (tertiary alicyclic amines) is 1. The van der Waals surface area contributed by atoms with E-state index in [9.17, 15) is 4.79 Å². The largest absolute Gasteiger partial charge is 0.491 e. The molecule has 0 bridgehead atoms. The number of hydrogen-bond donors (Lipinski definition) is 2. The minimum Gasteiger partial charge on any atom is -0.491 e. The maximum Gasteiger partial charge on any atom is 0.237 e. The van der Waals surface area contributed by atoms with Crippen LogP contribution in [-0.4, -0.2) is 48.3 Å². The van der Waals surface area contributed by atoms with Crippen molar-refractivity contribution in [3.05, 3.63) is 29.8 Å². The van der Waals surface area contributed by atoms with Crippen molar-refractivity contribution in [2.45, 2.75) is 45.2 Å². The summed E-state index contributed by atoms with van der Waals surface area (Å²) in [6.45, 7) is 4.67. The molecule has 1 aromatic carbocycles. The molecule has 0 spiro atoms. The van der Waals surface area contributed by atoms with Crippen molar-refractivity contribution in [3.63, 3.8) is 0 Å². The Hall–Kier alpha value is -1.59. The first-order chi connectivity index (χ1) is 11.2. The Bertz CT molecular complexity index is 485. The monoisotopic (exact) mass is 320 g/mol. The summed E-state index contributed by atoms with van der Waals surface area (Å²) in [4.78, 5) is 14.7. The van der Waals surface area contributed by atoms with E-state index < -0.39 is 0 Å². The van der Waals surface area contributed by atoms with E-state index in [0.717, 1.165) is 18.7 Å². The van der Waals surface area contributed by atoms with Gasteiger partial charge in [-0.1, -0.05) is 31.0 Å². The summed E-state index contributed by atoms with van der Waals surface area (Å²) in [6.07, 6.45) is 4.88. The number of aliphatic hydroxyl groups excluding tert-OH is 1. The molecule has 5 nitrogen and oxygen atoms in total. The first kappa shape index (κ1) is 17.8. The Kier molecular flexibility index (Phi) is 7.36. The molecule has 0 aromatic heterocycles. The Morgan fingerprint density at radius 3 is 2.65 bits per heavy atom. The van der Waals surface area contributed by atoms with Gasteiger partial charge in [-0.05, 0) is 38.9 Å². The summed E-state index contributed by atoms with van der Waals surface area (Å²) >= 11 is 0. The van der Waals surface area contributed by atoms with Crippen LogP contribution in [0.15, 0.2) is 24.3 Å². The van der Waals surface area contributed by atoms with Crippen LogP contribution < -0.4 is 10.1 Å². The van der Waals surface area contributed by atoms with Crippen LogP contribution in [0.5, 0.6) is 5.75 Å². The van der Waals surface area contributed by atoms with Crippen molar-refractivity contribution in [3.8, 4) is 5.75 Å². The van der Waals surface area contributed by atoms with Gasteiger partial charge < -0.3 is 15.2 Å². The Balaban J connectivity index is 1.88. The van der Waals surface area contributed by atoms with E-state index in [2.05, 4.69) is 10.2 Å². The molecule has 1 fully saturated rings. The number of aliphatic hydroxyl groups is 1. The van der Waals surface area contributed by atoms with E-state index in [0.29, 0.717) is 12.3 Å². The first-order valence-corrected chi connectivity index (χ1v) is 8.55. The highest BCUT2D eigenvalue weighted by molar-refractivity contribution is 5.81. The van der Waals surface area contributed by atoms with Gasteiger partial charge in [-0.3, -0.25) is 9.69 Å². The molecule has 128 valence electrons. The van der Waals surface area contributed by atoms with Crippen LogP contribution in [-0.2, 0) is 11.3 Å². The van der Waals surface area contributed by atoms with Crippen molar-refractivity contribution in [1.29, 1.82) is 0 Å². The van der Waals surface area contributed by atoms with Crippen molar-refractivity contribution in [2.24, 2.45) is 0 Å². The van der Waals surface area contributed by atoms with Crippen molar-refractivity contribution in [1.82, 2.24) is 10.2 Å². The van der Waals surface area contributed by atoms with Gasteiger partial charge in [0, 0.05) is 12.1 Å². The zero-order valence-corrected chi connectivity index (χ0v) is 14.0. The Morgan fingerprint density at radius 2 is 1.96 bits per heavy atom. The molecule has 1 aromatic rings. The lowest BCUT2D eigenvalue weighted by Gasteiger charge is -2.26. The van der Waals surface area contributed by atoms with Gasteiger partial charge in [-0.25, -0.2) is 0 Å². The number of carbonyl (C=O) groups excluding carboxylic acids is 1. The summed E-state index contributed by atoms with van der Waals surface area (Å²) in [7, 11) is 0. The number of para-hydroxylation sites is 1. The number of carbonyl (C=O) groups is 1. The average molecular weight is 320 g/mol. The molecule has 2 rings (SSSR count). The van der Waals surface area contributed by atoms with E-state index in [1.165, 1.54) is 25.7 Å². The summed E-state index contributed by atoms with van der Waals surface area (Å²) < 4.78 is 5.50. The van der Waals surface area contributed by atoms with Crippen LogP contribution in [0, 0.1) is 0 Å². The predicted molar refractivity (Wildman–Crippen MR) is 90.4 cm³/mol. The molecular weight excluding hydrogens is 292 g/mol. The maximum atomic E-state index is 12.4. The number of rotatable bonds is 7. The number of nitrogens with zero attached hydrogens (tertiary/aromatic N) is 1. The second-order valence-electron chi connectivity index (χ2n) is 6.02.